The first-order valence-corrected chi connectivity index (χ1v) is 8.39. The number of ether oxygens (including phenoxy) is 1. The van der Waals surface area contributed by atoms with Gasteiger partial charge in [0, 0.05) is 13.1 Å². The van der Waals surface area contributed by atoms with Crippen LogP contribution >= 0.6 is 0 Å². The number of nitrogens with one attached hydrogen (secondary N) is 1. The molecule has 1 heterocycles. The second kappa shape index (κ2) is 9.80. The largest absolute Gasteiger partial charge is 0.444 e. The predicted molar refractivity (Wildman–Crippen MR) is 95.9 cm³/mol. The van der Waals surface area contributed by atoms with Crippen LogP contribution in [0.15, 0.2) is 24.3 Å². The molecule has 0 aromatic heterocycles. The molecule has 0 aliphatic carbocycles. The Morgan fingerprint density at radius 1 is 1.40 bits per heavy atom. The zero-order chi connectivity index (χ0) is 18.9. The molecular formula is C19H27N3O3. The summed E-state index contributed by atoms with van der Waals surface area (Å²) < 4.78 is 5.18. The first-order chi connectivity index (χ1) is 11.8. The lowest BCUT2D eigenvalue weighted by atomic mass is 10.1. The van der Waals surface area contributed by atoms with E-state index in [-0.39, 0.29) is 12.1 Å². The Morgan fingerprint density at radius 3 is 2.52 bits per heavy atom. The van der Waals surface area contributed by atoms with E-state index >= 15 is 0 Å². The summed E-state index contributed by atoms with van der Waals surface area (Å²) in [5, 5.41) is 11.5. The third kappa shape index (κ3) is 7.36. The summed E-state index contributed by atoms with van der Waals surface area (Å²) in [4.78, 5) is 23.7. The molecule has 0 spiro atoms. The van der Waals surface area contributed by atoms with Gasteiger partial charge < -0.3 is 14.8 Å². The van der Waals surface area contributed by atoms with Crippen LogP contribution in [-0.2, 0) is 16.1 Å². The van der Waals surface area contributed by atoms with Gasteiger partial charge in [-0.1, -0.05) is 12.1 Å². The van der Waals surface area contributed by atoms with Gasteiger partial charge in [-0.2, -0.15) is 5.26 Å². The number of carbonyl (C=O) groups excluding carboxylic acids is 2. The fraction of sp³-hybridized carbons (Fsp3) is 0.526. The van der Waals surface area contributed by atoms with E-state index in [9.17, 15) is 9.59 Å². The molecule has 1 atom stereocenters. The SMILES string of the molecule is CC(C)(C)OC(=O)N1CCC[C@H]1C=O.CNCc1ccc(C#N)cc1. The number of likely N-dealkylation sites (tertiary alicyclic amines) is 1. The summed E-state index contributed by atoms with van der Waals surface area (Å²) in [6, 6.07) is 9.35. The standard InChI is InChI=1S/C10H17NO3.C9H10N2/c1-10(2,3)14-9(13)11-6-4-5-8(11)7-12;1-11-7-9-4-2-8(6-10)3-5-9/h7-8H,4-6H2,1-3H3;2-5,11H,7H2,1H3/t8-;/m0./s1. The van der Waals surface area contributed by atoms with Crippen molar-refractivity contribution in [2.24, 2.45) is 0 Å². The lowest BCUT2D eigenvalue weighted by Crippen LogP contribution is -2.40. The van der Waals surface area contributed by atoms with E-state index < -0.39 is 5.60 Å². The van der Waals surface area contributed by atoms with Crippen LogP contribution in [0.4, 0.5) is 4.79 Å². The maximum absolute atomic E-state index is 11.6. The van der Waals surface area contributed by atoms with Crippen LogP contribution in [0.2, 0.25) is 0 Å². The molecule has 1 N–H and O–H groups in total. The molecule has 1 aliphatic rings. The molecule has 0 bridgehead atoms. The van der Waals surface area contributed by atoms with E-state index in [1.165, 1.54) is 10.5 Å². The number of hydrogen-bond donors (Lipinski definition) is 1. The van der Waals surface area contributed by atoms with Crippen LogP contribution in [0.3, 0.4) is 0 Å². The number of amides is 1. The summed E-state index contributed by atoms with van der Waals surface area (Å²) in [7, 11) is 1.90. The number of aldehydes is 1. The third-order valence-corrected chi connectivity index (χ3v) is 3.55. The van der Waals surface area contributed by atoms with Crippen molar-refractivity contribution in [2.45, 2.75) is 51.8 Å². The van der Waals surface area contributed by atoms with Crippen LogP contribution in [0, 0.1) is 11.3 Å². The Labute approximate surface area is 149 Å². The van der Waals surface area contributed by atoms with E-state index in [0.29, 0.717) is 12.1 Å². The van der Waals surface area contributed by atoms with E-state index in [2.05, 4.69) is 11.4 Å². The second-order valence-electron chi connectivity index (χ2n) is 6.86. The Hall–Kier alpha value is -2.39. The highest BCUT2D eigenvalue weighted by atomic mass is 16.6. The minimum absolute atomic E-state index is 0.287. The van der Waals surface area contributed by atoms with Crippen molar-refractivity contribution in [1.82, 2.24) is 10.2 Å². The molecule has 2 rings (SSSR count). The van der Waals surface area contributed by atoms with Gasteiger partial charge in [0.2, 0.25) is 0 Å². The van der Waals surface area contributed by atoms with Gasteiger partial charge in [0.15, 0.2) is 0 Å². The highest BCUT2D eigenvalue weighted by molar-refractivity contribution is 5.74. The molecule has 0 unspecified atom stereocenters. The van der Waals surface area contributed by atoms with Gasteiger partial charge in [0.1, 0.15) is 11.9 Å². The lowest BCUT2D eigenvalue weighted by Gasteiger charge is -2.26. The first-order valence-electron chi connectivity index (χ1n) is 8.39. The van der Waals surface area contributed by atoms with Crippen molar-refractivity contribution in [3.8, 4) is 6.07 Å². The van der Waals surface area contributed by atoms with Crippen LogP contribution in [0.25, 0.3) is 0 Å². The van der Waals surface area contributed by atoms with Crippen LogP contribution in [0.1, 0.15) is 44.7 Å². The van der Waals surface area contributed by atoms with Crippen molar-refractivity contribution >= 4 is 12.4 Å². The number of benzene rings is 1. The van der Waals surface area contributed by atoms with Crippen LogP contribution < -0.4 is 5.32 Å². The zero-order valence-electron chi connectivity index (χ0n) is 15.4. The van der Waals surface area contributed by atoms with Gasteiger partial charge >= 0.3 is 6.09 Å². The van der Waals surface area contributed by atoms with Gasteiger partial charge in [0.05, 0.1) is 17.7 Å². The molecule has 6 heteroatoms. The Bertz CT molecular complexity index is 600. The molecule has 0 radical (unpaired) electrons. The number of carbonyl (C=O) groups is 2. The van der Waals surface area contributed by atoms with Gasteiger partial charge in [-0.15, -0.1) is 0 Å². The molecule has 0 saturated carbocycles. The fourth-order valence-electron chi connectivity index (χ4n) is 2.38. The molecule has 6 nitrogen and oxygen atoms in total. The number of hydrogen-bond acceptors (Lipinski definition) is 5. The predicted octanol–water partition coefficient (Wildman–Crippen LogP) is 2.86. The highest BCUT2D eigenvalue weighted by Gasteiger charge is 2.31. The van der Waals surface area contributed by atoms with Gasteiger partial charge in [-0.05, 0) is 58.4 Å². The van der Waals surface area contributed by atoms with Crippen molar-refractivity contribution in [3.05, 3.63) is 35.4 Å². The van der Waals surface area contributed by atoms with E-state index in [0.717, 1.165) is 25.7 Å². The quantitative estimate of drug-likeness (QED) is 0.852. The topological polar surface area (TPSA) is 82.4 Å². The Morgan fingerprint density at radius 2 is 2.04 bits per heavy atom. The maximum atomic E-state index is 11.6. The molecule has 1 aliphatic heterocycles. The fourth-order valence-corrected chi connectivity index (χ4v) is 2.38. The van der Waals surface area contributed by atoms with Crippen molar-refractivity contribution in [1.29, 1.82) is 5.26 Å². The van der Waals surface area contributed by atoms with E-state index in [1.54, 1.807) is 0 Å². The average Bonchev–Trinajstić information content (AvgIpc) is 3.04. The van der Waals surface area contributed by atoms with Gasteiger partial charge in [0.25, 0.3) is 0 Å². The Kier molecular flexibility index (Phi) is 8.09. The molecule has 136 valence electrons. The Balaban J connectivity index is 0.000000257. The smallest absolute Gasteiger partial charge is 0.410 e. The normalized spacial score (nSPS) is 16.4. The molecule has 1 fully saturated rings. The maximum Gasteiger partial charge on any atom is 0.410 e. The van der Waals surface area contributed by atoms with E-state index in [1.807, 2.05) is 52.1 Å². The molecule has 1 aromatic carbocycles. The van der Waals surface area contributed by atoms with Crippen LogP contribution in [-0.4, -0.2) is 42.5 Å². The summed E-state index contributed by atoms with van der Waals surface area (Å²) in [5.74, 6) is 0. The van der Waals surface area contributed by atoms with E-state index in [4.69, 9.17) is 10.00 Å². The number of nitrogens with zero attached hydrogens (tertiary/aromatic N) is 2. The minimum atomic E-state index is -0.493. The number of nitriles is 1. The summed E-state index contributed by atoms with van der Waals surface area (Å²) >= 11 is 0. The average molecular weight is 345 g/mol. The highest BCUT2D eigenvalue weighted by Crippen LogP contribution is 2.19. The summed E-state index contributed by atoms with van der Waals surface area (Å²) in [6.07, 6.45) is 2.06. The second-order valence-corrected chi connectivity index (χ2v) is 6.86. The number of rotatable bonds is 3. The molecule has 1 amide bonds. The van der Waals surface area contributed by atoms with Crippen molar-refractivity contribution in [2.75, 3.05) is 13.6 Å². The summed E-state index contributed by atoms with van der Waals surface area (Å²) in [6.45, 7) is 6.93. The molecule has 1 aromatic rings. The molecule has 1 saturated heterocycles. The van der Waals surface area contributed by atoms with Gasteiger partial charge in [-0.3, -0.25) is 4.90 Å². The van der Waals surface area contributed by atoms with Gasteiger partial charge in [-0.25, -0.2) is 4.79 Å². The summed E-state index contributed by atoms with van der Waals surface area (Å²) in [5.41, 5.74) is 1.42. The molecule has 25 heavy (non-hydrogen) atoms. The van der Waals surface area contributed by atoms with Crippen molar-refractivity contribution < 1.29 is 14.3 Å². The lowest BCUT2D eigenvalue weighted by molar-refractivity contribution is -0.111. The van der Waals surface area contributed by atoms with Crippen molar-refractivity contribution in [3.63, 3.8) is 0 Å². The monoisotopic (exact) mass is 345 g/mol. The third-order valence-electron chi connectivity index (χ3n) is 3.55. The van der Waals surface area contributed by atoms with Crippen LogP contribution in [0.5, 0.6) is 0 Å². The zero-order valence-corrected chi connectivity index (χ0v) is 15.4. The minimum Gasteiger partial charge on any atom is -0.444 e. The molecular weight excluding hydrogens is 318 g/mol. The first kappa shape index (κ1) is 20.7.